The fourth-order valence-electron chi connectivity index (χ4n) is 4.39. The van der Waals surface area contributed by atoms with Crippen molar-refractivity contribution in [1.82, 2.24) is 29.6 Å². The topological polar surface area (TPSA) is 83.5 Å². The molecule has 10 heteroatoms. The second-order valence-corrected chi connectivity index (χ2v) is 8.58. The van der Waals surface area contributed by atoms with E-state index in [4.69, 9.17) is 4.98 Å². The quantitative estimate of drug-likeness (QED) is 0.438. The fourth-order valence-corrected chi connectivity index (χ4v) is 4.39. The SMILES string of the molecule is Cc1ccc(-c2cc3ncccc3c(-c3ccn(C4(CC#N)CN(CC(F)(F)F)C4)n3)n2)cn1. The summed E-state index contributed by atoms with van der Waals surface area (Å²) in [7, 11) is 0. The summed E-state index contributed by atoms with van der Waals surface area (Å²) in [5, 5.41) is 14.8. The van der Waals surface area contributed by atoms with E-state index in [0.717, 1.165) is 22.2 Å². The van der Waals surface area contributed by atoms with E-state index in [9.17, 15) is 18.4 Å². The molecule has 0 spiro atoms. The molecule has 0 amide bonds. The van der Waals surface area contributed by atoms with Gasteiger partial charge in [0.05, 0.1) is 30.2 Å². The van der Waals surface area contributed by atoms with Crippen LogP contribution in [-0.2, 0) is 5.54 Å². The molecule has 0 saturated carbocycles. The van der Waals surface area contributed by atoms with Crippen LogP contribution in [0.2, 0.25) is 0 Å². The lowest BCUT2D eigenvalue weighted by molar-refractivity contribution is -0.167. The molecule has 1 aliphatic heterocycles. The molecule has 0 aliphatic carbocycles. The Kier molecular flexibility index (Phi) is 5.29. The van der Waals surface area contributed by atoms with Gasteiger partial charge in [-0.3, -0.25) is 19.5 Å². The van der Waals surface area contributed by atoms with Crippen molar-refractivity contribution in [3.63, 3.8) is 0 Å². The van der Waals surface area contributed by atoms with E-state index in [1.807, 2.05) is 37.3 Å². The molecule has 5 heterocycles. The summed E-state index contributed by atoms with van der Waals surface area (Å²) in [6.45, 7) is 1.11. The summed E-state index contributed by atoms with van der Waals surface area (Å²) >= 11 is 0. The number of hydrogen-bond donors (Lipinski definition) is 0. The maximum absolute atomic E-state index is 12.8. The summed E-state index contributed by atoms with van der Waals surface area (Å²) in [4.78, 5) is 14.9. The lowest BCUT2D eigenvalue weighted by Gasteiger charge is -2.49. The molecule has 172 valence electrons. The van der Waals surface area contributed by atoms with Gasteiger partial charge < -0.3 is 0 Å². The van der Waals surface area contributed by atoms with Crippen LogP contribution in [0.15, 0.2) is 55.0 Å². The van der Waals surface area contributed by atoms with Gasteiger partial charge >= 0.3 is 6.18 Å². The van der Waals surface area contributed by atoms with Crippen molar-refractivity contribution in [3.05, 3.63) is 60.7 Å². The summed E-state index contributed by atoms with van der Waals surface area (Å²) < 4.78 is 40.0. The van der Waals surface area contributed by atoms with Crippen LogP contribution in [0.1, 0.15) is 12.1 Å². The second-order valence-electron chi connectivity index (χ2n) is 8.58. The Balaban J connectivity index is 1.53. The maximum atomic E-state index is 12.8. The molecule has 1 aliphatic rings. The molecule has 7 nitrogen and oxygen atoms in total. The van der Waals surface area contributed by atoms with E-state index in [2.05, 4.69) is 21.1 Å². The molecule has 1 saturated heterocycles. The number of fused-ring (bicyclic) bond motifs is 1. The molecule has 1 fully saturated rings. The van der Waals surface area contributed by atoms with Crippen molar-refractivity contribution >= 4 is 10.9 Å². The van der Waals surface area contributed by atoms with Crippen LogP contribution >= 0.6 is 0 Å². The molecular formula is C24H20F3N7. The van der Waals surface area contributed by atoms with Crippen molar-refractivity contribution in [2.24, 2.45) is 0 Å². The Morgan fingerprint density at radius 2 is 1.94 bits per heavy atom. The molecule has 0 N–H and O–H groups in total. The van der Waals surface area contributed by atoms with Gasteiger partial charge in [-0.15, -0.1) is 0 Å². The number of halogens is 3. The third kappa shape index (κ3) is 4.10. The number of hydrogen-bond acceptors (Lipinski definition) is 6. The summed E-state index contributed by atoms with van der Waals surface area (Å²) in [5.41, 5.74) is 3.53. The zero-order valence-corrected chi connectivity index (χ0v) is 18.3. The molecular weight excluding hydrogens is 443 g/mol. The number of likely N-dealkylation sites (tertiary alicyclic amines) is 1. The van der Waals surface area contributed by atoms with Crippen molar-refractivity contribution in [1.29, 1.82) is 5.26 Å². The first-order chi connectivity index (χ1) is 16.3. The highest BCUT2D eigenvalue weighted by molar-refractivity contribution is 5.93. The molecule has 0 atom stereocenters. The van der Waals surface area contributed by atoms with E-state index in [-0.39, 0.29) is 19.5 Å². The van der Waals surface area contributed by atoms with Crippen LogP contribution in [0.3, 0.4) is 0 Å². The number of aromatic nitrogens is 5. The molecule has 4 aromatic heterocycles. The molecule has 0 bridgehead atoms. The van der Waals surface area contributed by atoms with Gasteiger partial charge in [-0.05, 0) is 43.3 Å². The lowest BCUT2D eigenvalue weighted by atomic mass is 9.87. The highest BCUT2D eigenvalue weighted by Crippen LogP contribution is 2.36. The zero-order chi connectivity index (χ0) is 23.9. The molecule has 0 radical (unpaired) electrons. The average Bonchev–Trinajstić information content (AvgIpc) is 3.27. The fraction of sp³-hybridized carbons (Fsp3) is 0.292. The minimum Gasteiger partial charge on any atom is -0.290 e. The first-order valence-corrected chi connectivity index (χ1v) is 10.7. The van der Waals surface area contributed by atoms with Crippen molar-refractivity contribution in [2.45, 2.75) is 25.1 Å². The molecule has 4 aromatic rings. The average molecular weight is 463 g/mol. The van der Waals surface area contributed by atoms with Crippen LogP contribution in [-0.4, -0.2) is 55.4 Å². The first-order valence-electron chi connectivity index (χ1n) is 10.7. The zero-order valence-electron chi connectivity index (χ0n) is 18.3. The van der Waals surface area contributed by atoms with Gasteiger partial charge in [-0.2, -0.15) is 23.5 Å². The van der Waals surface area contributed by atoms with Crippen LogP contribution in [0.4, 0.5) is 13.2 Å². The van der Waals surface area contributed by atoms with Gasteiger partial charge in [0.25, 0.3) is 0 Å². The molecule has 0 unspecified atom stereocenters. The predicted octanol–water partition coefficient (Wildman–Crippen LogP) is 4.35. The van der Waals surface area contributed by atoms with Gasteiger partial charge in [0.15, 0.2) is 0 Å². The normalized spacial score (nSPS) is 15.7. The van der Waals surface area contributed by atoms with Crippen molar-refractivity contribution < 1.29 is 13.2 Å². The Morgan fingerprint density at radius 3 is 2.65 bits per heavy atom. The Bertz CT molecular complexity index is 1380. The number of nitrogens with zero attached hydrogens (tertiary/aromatic N) is 7. The minimum atomic E-state index is -4.28. The van der Waals surface area contributed by atoms with Gasteiger partial charge in [0, 0.05) is 48.3 Å². The molecule has 34 heavy (non-hydrogen) atoms. The van der Waals surface area contributed by atoms with E-state index >= 15 is 0 Å². The highest BCUT2D eigenvalue weighted by atomic mass is 19.4. The Hall–Kier alpha value is -3.84. The number of nitriles is 1. The van der Waals surface area contributed by atoms with Gasteiger partial charge in [-0.1, -0.05) is 0 Å². The number of pyridine rings is 3. The predicted molar refractivity (Wildman–Crippen MR) is 119 cm³/mol. The van der Waals surface area contributed by atoms with E-state index in [0.29, 0.717) is 17.1 Å². The summed E-state index contributed by atoms with van der Waals surface area (Å²) in [6.07, 6.45) is 0.942. The molecule has 0 aromatic carbocycles. The number of aryl methyl sites for hydroxylation is 1. The van der Waals surface area contributed by atoms with E-state index in [1.54, 1.807) is 29.3 Å². The van der Waals surface area contributed by atoms with Gasteiger partial charge in [0.1, 0.15) is 16.9 Å². The number of alkyl halides is 3. The molecule has 5 rings (SSSR count). The smallest absolute Gasteiger partial charge is 0.290 e. The van der Waals surface area contributed by atoms with Crippen LogP contribution < -0.4 is 0 Å². The first kappa shape index (κ1) is 22.0. The Morgan fingerprint density at radius 1 is 1.12 bits per heavy atom. The van der Waals surface area contributed by atoms with E-state index in [1.165, 1.54) is 4.90 Å². The monoisotopic (exact) mass is 463 g/mol. The summed E-state index contributed by atoms with van der Waals surface area (Å²) in [5.74, 6) is 0. The van der Waals surface area contributed by atoms with Crippen LogP contribution in [0.5, 0.6) is 0 Å². The third-order valence-electron chi connectivity index (χ3n) is 5.97. The summed E-state index contributed by atoms with van der Waals surface area (Å²) in [6, 6.07) is 13.3. The number of rotatable bonds is 5. The van der Waals surface area contributed by atoms with Gasteiger partial charge in [-0.25, -0.2) is 4.98 Å². The van der Waals surface area contributed by atoms with Crippen molar-refractivity contribution in [2.75, 3.05) is 19.6 Å². The largest absolute Gasteiger partial charge is 0.401 e. The minimum absolute atomic E-state index is 0.0628. The van der Waals surface area contributed by atoms with E-state index < -0.39 is 18.3 Å². The highest BCUT2D eigenvalue weighted by Gasteiger charge is 2.48. The maximum Gasteiger partial charge on any atom is 0.401 e. The van der Waals surface area contributed by atoms with Crippen LogP contribution in [0.25, 0.3) is 33.5 Å². The van der Waals surface area contributed by atoms with Gasteiger partial charge in [0.2, 0.25) is 0 Å². The lowest BCUT2D eigenvalue weighted by Crippen LogP contribution is -2.64. The standard InChI is InChI=1S/C24H20F3N7/c1-16-4-5-17(12-30-16)20-11-21-18(3-2-9-29-21)22(31-20)19-6-10-34(32-19)23(7-8-28)13-33(14-23)15-24(25,26)27/h2-6,9-12H,7,13-15H2,1H3. The van der Waals surface area contributed by atoms with Crippen molar-refractivity contribution in [3.8, 4) is 28.7 Å². The second kappa shape index (κ2) is 8.18. The third-order valence-corrected chi connectivity index (χ3v) is 5.97. The Labute approximate surface area is 193 Å². The van der Waals surface area contributed by atoms with Crippen LogP contribution in [0, 0.1) is 18.3 Å².